The van der Waals surface area contributed by atoms with Crippen molar-refractivity contribution in [1.82, 2.24) is 4.98 Å². The molecular formula is C12H13NOS. The van der Waals surface area contributed by atoms with Gasteiger partial charge in [-0.2, -0.15) is 0 Å². The maximum atomic E-state index is 10.2. The van der Waals surface area contributed by atoms with Gasteiger partial charge in [-0.25, -0.2) is 0 Å². The van der Waals surface area contributed by atoms with Gasteiger partial charge in [0.1, 0.15) is 6.10 Å². The average Bonchev–Trinajstić information content (AvgIpc) is 2.81. The molecule has 0 spiro atoms. The van der Waals surface area contributed by atoms with Gasteiger partial charge in [-0.3, -0.25) is 0 Å². The van der Waals surface area contributed by atoms with Crippen LogP contribution in [0.1, 0.15) is 17.2 Å². The zero-order valence-electron chi connectivity index (χ0n) is 8.47. The molecule has 0 bridgehead atoms. The molecule has 0 radical (unpaired) electrons. The average molecular weight is 219 g/mol. The molecule has 1 heterocycles. The molecule has 1 aromatic carbocycles. The minimum Gasteiger partial charge on any atom is -0.384 e. The fourth-order valence-corrected chi connectivity index (χ4v) is 2.21. The van der Waals surface area contributed by atoms with Crippen molar-refractivity contribution in [2.24, 2.45) is 0 Å². The Morgan fingerprint density at radius 3 is 2.73 bits per heavy atom. The van der Waals surface area contributed by atoms with E-state index in [1.54, 1.807) is 11.8 Å². The van der Waals surface area contributed by atoms with E-state index in [9.17, 15) is 5.11 Å². The predicted octanol–water partition coefficient (Wildman–Crippen LogP) is 2.82. The molecule has 2 rings (SSSR count). The first kappa shape index (κ1) is 10.3. The summed E-state index contributed by atoms with van der Waals surface area (Å²) in [6.07, 6.45) is 5.12. The summed E-state index contributed by atoms with van der Waals surface area (Å²) < 4.78 is 0. The molecule has 2 nitrogen and oxygen atoms in total. The van der Waals surface area contributed by atoms with E-state index in [4.69, 9.17) is 0 Å². The van der Waals surface area contributed by atoms with E-state index in [0.717, 1.165) is 16.0 Å². The maximum absolute atomic E-state index is 10.2. The van der Waals surface area contributed by atoms with Gasteiger partial charge in [-0.05, 0) is 24.0 Å². The standard InChI is InChI=1S/C12H13NOS/c1-15-11-5-3-2-4-10(11)12(14)9-6-7-13-8-9/h2-8,12-14H,1H3. The van der Waals surface area contributed by atoms with E-state index in [-0.39, 0.29) is 0 Å². The largest absolute Gasteiger partial charge is 0.384 e. The molecule has 0 saturated carbocycles. The van der Waals surface area contributed by atoms with Gasteiger partial charge in [0, 0.05) is 22.9 Å². The van der Waals surface area contributed by atoms with Crippen molar-refractivity contribution < 1.29 is 5.11 Å². The molecule has 0 saturated heterocycles. The number of aliphatic hydroxyl groups excluding tert-OH is 1. The third-order valence-electron chi connectivity index (χ3n) is 2.37. The van der Waals surface area contributed by atoms with Crippen LogP contribution in [-0.4, -0.2) is 16.3 Å². The molecule has 1 unspecified atom stereocenters. The second-order valence-corrected chi connectivity index (χ2v) is 4.14. The van der Waals surface area contributed by atoms with Crippen molar-refractivity contribution in [3.8, 4) is 0 Å². The van der Waals surface area contributed by atoms with Crippen molar-refractivity contribution in [3.05, 3.63) is 53.9 Å². The Morgan fingerprint density at radius 1 is 1.27 bits per heavy atom. The van der Waals surface area contributed by atoms with Crippen molar-refractivity contribution in [3.63, 3.8) is 0 Å². The first-order valence-corrected chi connectivity index (χ1v) is 5.99. The lowest BCUT2D eigenvalue weighted by molar-refractivity contribution is 0.217. The summed E-state index contributed by atoms with van der Waals surface area (Å²) in [4.78, 5) is 4.07. The molecule has 15 heavy (non-hydrogen) atoms. The summed E-state index contributed by atoms with van der Waals surface area (Å²) in [5.74, 6) is 0. The Kier molecular flexibility index (Phi) is 3.14. The highest BCUT2D eigenvalue weighted by Crippen LogP contribution is 2.29. The van der Waals surface area contributed by atoms with Crippen LogP contribution in [-0.2, 0) is 0 Å². The number of aromatic amines is 1. The van der Waals surface area contributed by atoms with Crippen LogP contribution < -0.4 is 0 Å². The highest BCUT2D eigenvalue weighted by Gasteiger charge is 2.13. The zero-order chi connectivity index (χ0) is 10.7. The van der Waals surface area contributed by atoms with Crippen LogP contribution in [0.4, 0.5) is 0 Å². The van der Waals surface area contributed by atoms with E-state index in [0.29, 0.717) is 0 Å². The summed E-state index contributed by atoms with van der Waals surface area (Å²) in [5.41, 5.74) is 1.86. The fourth-order valence-electron chi connectivity index (χ4n) is 1.58. The normalized spacial score (nSPS) is 12.7. The molecule has 1 aromatic heterocycles. The molecule has 0 aliphatic heterocycles. The molecular weight excluding hydrogens is 206 g/mol. The monoisotopic (exact) mass is 219 g/mol. The van der Waals surface area contributed by atoms with Crippen LogP contribution in [0.5, 0.6) is 0 Å². The lowest BCUT2D eigenvalue weighted by atomic mass is 10.0. The van der Waals surface area contributed by atoms with Crippen LogP contribution in [0.2, 0.25) is 0 Å². The van der Waals surface area contributed by atoms with Crippen molar-refractivity contribution in [2.75, 3.05) is 6.26 Å². The number of benzene rings is 1. The highest BCUT2D eigenvalue weighted by molar-refractivity contribution is 7.98. The van der Waals surface area contributed by atoms with Crippen LogP contribution in [0.3, 0.4) is 0 Å². The molecule has 1 atom stereocenters. The van der Waals surface area contributed by atoms with Gasteiger partial charge < -0.3 is 10.1 Å². The first-order chi connectivity index (χ1) is 7.33. The Balaban J connectivity index is 2.37. The van der Waals surface area contributed by atoms with Crippen LogP contribution in [0, 0.1) is 0 Å². The second-order valence-electron chi connectivity index (χ2n) is 3.29. The van der Waals surface area contributed by atoms with Gasteiger partial charge in [0.2, 0.25) is 0 Å². The maximum Gasteiger partial charge on any atom is 0.107 e. The van der Waals surface area contributed by atoms with Crippen LogP contribution in [0.25, 0.3) is 0 Å². The minimum atomic E-state index is -0.542. The smallest absolute Gasteiger partial charge is 0.107 e. The Labute approximate surface area is 93.3 Å². The number of hydrogen-bond acceptors (Lipinski definition) is 2. The van der Waals surface area contributed by atoms with E-state index in [1.807, 2.05) is 49.0 Å². The van der Waals surface area contributed by atoms with E-state index >= 15 is 0 Å². The van der Waals surface area contributed by atoms with Gasteiger partial charge in [0.15, 0.2) is 0 Å². The van der Waals surface area contributed by atoms with E-state index < -0.39 is 6.10 Å². The number of aliphatic hydroxyl groups is 1. The molecule has 0 aliphatic carbocycles. The molecule has 0 amide bonds. The molecule has 3 heteroatoms. The van der Waals surface area contributed by atoms with Gasteiger partial charge in [-0.15, -0.1) is 11.8 Å². The van der Waals surface area contributed by atoms with Crippen LogP contribution >= 0.6 is 11.8 Å². The van der Waals surface area contributed by atoms with Gasteiger partial charge in [-0.1, -0.05) is 18.2 Å². The van der Waals surface area contributed by atoms with Crippen LogP contribution in [0.15, 0.2) is 47.6 Å². The Hall–Kier alpha value is -1.19. The third-order valence-corrected chi connectivity index (χ3v) is 3.18. The number of nitrogens with one attached hydrogen (secondary N) is 1. The quantitative estimate of drug-likeness (QED) is 0.779. The number of aromatic nitrogens is 1. The lowest BCUT2D eigenvalue weighted by Gasteiger charge is -2.12. The van der Waals surface area contributed by atoms with Crippen molar-refractivity contribution in [1.29, 1.82) is 0 Å². The number of hydrogen-bond donors (Lipinski definition) is 2. The Bertz CT molecular complexity index is 425. The minimum absolute atomic E-state index is 0.542. The summed E-state index contributed by atoms with van der Waals surface area (Å²) in [6, 6.07) is 9.81. The first-order valence-electron chi connectivity index (χ1n) is 4.76. The summed E-state index contributed by atoms with van der Waals surface area (Å²) >= 11 is 1.65. The van der Waals surface area contributed by atoms with Crippen molar-refractivity contribution >= 4 is 11.8 Å². The summed E-state index contributed by atoms with van der Waals surface area (Å²) in [7, 11) is 0. The summed E-state index contributed by atoms with van der Waals surface area (Å²) in [6.45, 7) is 0. The topological polar surface area (TPSA) is 36.0 Å². The fraction of sp³-hybridized carbons (Fsp3) is 0.167. The molecule has 2 aromatic rings. The van der Waals surface area contributed by atoms with Gasteiger partial charge in [0.25, 0.3) is 0 Å². The summed E-state index contributed by atoms with van der Waals surface area (Å²) in [5, 5.41) is 10.2. The second kappa shape index (κ2) is 4.55. The lowest BCUT2D eigenvalue weighted by Crippen LogP contribution is -1.99. The highest BCUT2D eigenvalue weighted by atomic mass is 32.2. The number of H-pyrrole nitrogens is 1. The molecule has 0 aliphatic rings. The van der Waals surface area contributed by atoms with Crippen molar-refractivity contribution in [2.45, 2.75) is 11.0 Å². The molecule has 0 fully saturated rings. The predicted molar refractivity (Wildman–Crippen MR) is 63.1 cm³/mol. The molecule has 78 valence electrons. The van der Waals surface area contributed by atoms with Gasteiger partial charge >= 0.3 is 0 Å². The zero-order valence-corrected chi connectivity index (χ0v) is 9.29. The SMILES string of the molecule is CSc1ccccc1C(O)c1cc[nH]c1. The van der Waals surface area contributed by atoms with Gasteiger partial charge in [0.05, 0.1) is 0 Å². The third kappa shape index (κ3) is 2.08. The molecule has 2 N–H and O–H groups in total. The van der Waals surface area contributed by atoms with E-state index in [2.05, 4.69) is 4.98 Å². The Morgan fingerprint density at radius 2 is 2.07 bits per heavy atom. The number of thioether (sulfide) groups is 1. The number of rotatable bonds is 3. The van der Waals surface area contributed by atoms with E-state index in [1.165, 1.54) is 0 Å².